The van der Waals surface area contributed by atoms with Crippen molar-refractivity contribution < 1.29 is 17.6 Å². The number of piperidine rings is 1. The molecule has 2 atom stereocenters. The van der Waals surface area contributed by atoms with E-state index in [2.05, 4.69) is 42.4 Å². The van der Waals surface area contributed by atoms with E-state index in [1.807, 2.05) is 19.1 Å². The van der Waals surface area contributed by atoms with Crippen LogP contribution in [-0.2, 0) is 16.4 Å². The summed E-state index contributed by atoms with van der Waals surface area (Å²) in [6.07, 6.45) is 1.48. The summed E-state index contributed by atoms with van der Waals surface area (Å²) in [5.41, 5.74) is 3.73. The predicted octanol–water partition coefficient (Wildman–Crippen LogP) is 4.20. The number of rotatable bonds is 6. The van der Waals surface area contributed by atoms with E-state index in [-0.39, 0.29) is 10.9 Å². The number of benzene rings is 2. The first-order valence-electron chi connectivity index (χ1n) is 11.4. The van der Waals surface area contributed by atoms with Gasteiger partial charge in [-0.2, -0.15) is 4.31 Å². The van der Waals surface area contributed by atoms with Crippen LogP contribution in [0.25, 0.3) is 0 Å². The van der Waals surface area contributed by atoms with Gasteiger partial charge in [-0.1, -0.05) is 37.1 Å². The fraction of sp³-hybridized carbons (Fsp3) is 0.400. The summed E-state index contributed by atoms with van der Waals surface area (Å²) in [6.45, 7) is 9.25. The zero-order chi connectivity index (χ0) is 24.5. The van der Waals surface area contributed by atoms with E-state index < -0.39 is 15.9 Å². The fourth-order valence-corrected chi connectivity index (χ4v) is 6.04. The van der Waals surface area contributed by atoms with Crippen molar-refractivity contribution in [1.29, 1.82) is 0 Å². The van der Waals surface area contributed by atoms with Gasteiger partial charge >= 0.3 is 6.01 Å². The van der Waals surface area contributed by atoms with Gasteiger partial charge in [0.05, 0.1) is 11.3 Å². The van der Waals surface area contributed by atoms with Crippen molar-refractivity contribution in [3.63, 3.8) is 0 Å². The first kappa shape index (κ1) is 24.1. The number of carbonyl (C=O) groups excluding carboxylic acids is 1. The van der Waals surface area contributed by atoms with E-state index in [9.17, 15) is 13.2 Å². The first-order valence-corrected chi connectivity index (χ1v) is 12.9. The van der Waals surface area contributed by atoms with Crippen molar-refractivity contribution in [3.05, 3.63) is 70.6 Å². The largest absolute Gasteiger partial charge is 0.407 e. The smallest absolute Gasteiger partial charge is 0.322 e. The molecule has 1 aliphatic rings. The maximum atomic E-state index is 13.0. The zero-order valence-corrected chi connectivity index (χ0v) is 20.7. The Labute approximate surface area is 200 Å². The van der Waals surface area contributed by atoms with Crippen molar-refractivity contribution in [3.8, 4) is 0 Å². The van der Waals surface area contributed by atoms with Crippen molar-refractivity contribution in [2.45, 2.75) is 45.4 Å². The number of hydrogen-bond acceptors (Lipinski definition) is 6. The number of anilines is 1. The van der Waals surface area contributed by atoms with Crippen LogP contribution >= 0.6 is 0 Å². The minimum atomic E-state index is -3.60. The second-order valence-corrected chi connectivity index (χ2v) is 11.3. The summed E-state index contributed by atoms with van der Waals surface area (Å²) in [4.78, 5) is 12.8. The number of nitrogens with zero attached hydrogens (tertiary/aromatic N) is 3. The quantitative estimate of drug-likeness (QED) is 0.565. The molecule has 180 valence electrons. The van der Waals surface area contributed by atoms with Gasteiger partial charge in [-0.15, -0.1) is 5.10 Å². The summed E-state index contributed by atoms with van der Waals surface area (Å²) < 4.78 is 33.2. The lowest BCUT2D eigenvalue weighted by atomic mass is 9.94. The topological polar surface area (TPSA) is 105 Å². The highest BCUT2D eigenvalue weighted by molar-refractivity contribution is 7.89. The van der Waals surface area contributed by atoms with Gasteiger partial charge in [0.25, 0.3) is 5.91 Å². The van der Waals surface area contributed by atoms with Crippen LogP contribution in [0.15, 0.2) is 51.8 Å². The van der Waals surface area contributed by atoms with E-state index in [0.29, 0.717) is 42.8 Å². The molecule has 1 fully saturated rings. The molecule has 1 amide bonds. The molecule has 1 aliphatic heterocycles. The molecule has 34 heavy (non-hydrogen) atoms. The van der Waals surface area contributed by atoms with Gasteiger partial charge in [0.15, 0.2) is 0 Å². The van der Waals surface area contributed by atoms with E-state index in [0.717, 1.165) is 12.0 Å². The number of carbonyl (C=O) groups is 1. The third-order valence-corrected chi connectivity index (χ3v) is 8.05. The summed E-state index contributed by atoms with van der Waals surface area (Å²) in [5.74, 6) is 0.575. The molecule has 3 aromatic rings. The van der Waals surface area contributed by atoms with E-state index in [1.165, 1.54) is 39.7 Å². The lowest BCUT2D eigenvalue weighted by Gasteiger charge is -2.34. The van der Waals surface area contributed by atoms with Crippen LogP contribution in [0.5, 0.6) is 0 Å². The Bertz CT molecular complexity index is 1270. The molecule has 0 aliphatic carbocycles. The van der Waals surface area contributed by atoms with Gasteiger partial charge in [0.2, 0.25) is 15.9 Å². The van der Waals surface area contributed by atoms with Crippen LogP contribution < -0.4 is 5.32 Å². The Morgan fingerprint density at radius 3 is 2.35 bits per heavy atom. The molecular weight excluding hydrogens is 452 g/mol. The number of nitrogens with one attached hydrogen (secondary N) is 1. The highest BCUT2D eigenvalue weighted by atomic mass is 32.2. The summed E-state index contributed by atoms with van der Waals surface area (Å²) in [5, 5.41) is 10.5. The maximum absolute atomic E-state index is 13.0. The normalized spacial score (nSPS) is 19.2. The Balaban J connectivity index is 1.41. The van der Waals surface area contributed by atoms with Crippen molar-refractivity contribution >= 4 is 21.9 Å². The van der Waals surface area contributed by atoms with E-state index >= 15 is 0 Å². The number of sulfonamides is 1. The van der Waals surface area contributed by atoms with Gasteiger partial charge in [0, 0.05) is 18.7 Å². The molecule has 4 rings (SSSR count). The molecule has 2 aromatic carbocycles. The minimum absolute atomic E-state index is 0.00294. The van der Waals surface area contributed by atoms with E-state index in [4.69, 9.17) is 4.42 Å². The SMILES string of the molecule is Cc1ccc(Cc2nnc(NC(=O)c3ccc(S(=O)(=O)N4CC(C)CC(C)C4)cc3)o2)cc1C. The highest BCUT2D eigenvalue weighted by Crippen LogP contribution is 2.27. The van der Waals surface area contributed by atoms with Gasteiger partial charge in [-0.3, -0.25) is 10.1 Å². The first-order chi connectivity index (χ1) is 16.1. The van der Waals surface area contributed by atoms with Crippen LogP contribution in [0.1, 0.15) is 53.2 Å². The van der Waals surface area contributed by atoms with Crippen LogP contribution in [0.4, 0.5) is 6.01 Å². The summed E-state index contributed by atoms with van der Waals surface area (Å²) in [6, 6.07) is 12.0. The molecule has 8 nitrogen and oxygen atoms in total. The standard InChI is InChI=1S/C25H30N4O4S/c1-16-11-17(2)15-29(14-16)34(31,32)22-9-7-21(8-10-22)24(30)26-25-28-27-23(33-25)13-20-6-5-18(3)19(4)12-20/h5-10,12,16-17H,11,13-15H2,1-4H3,(H,26,28,30). The second-order valence-electron chi connectivity index (χ2n) is 9.34. The van der Waals surface area contributed by atoms with Crippen LogP contribution in [0, 0.1) is 25.7 Å². The Kier molecular flexibility index (Phi) is 6.86. The Morgan fingerprint density at radius 2 is 1.71 bits per heavy atom. The number of amides is 1. The van der Waals surface area contributed by atoms with Crippen LogP contribution in [-0.4, -0.2) is 41.9 Å². The minimum Gasteiger partial charge on any atom is -0.407 e. The zero-order valence-electron chi connectivity index (χ0n) is 19.9. The van der Waals surface area contributed by atoms with Gasteiger partial charge < -0.3 is 4.42 Å². The van der Waals surface area contributed by atoms with Gasteiger partial charge in [-0.25, -0.2) is 8.42 Å². The maximum Gasteiger partial charge on any atom is 0.322 e. The van der Waals surface area contributed by atoms with Crippen LogP contribution in [0.2, 0.25) is 0 Å². The number of aryl methyl sites for hydroxylation is 2. The lowest BCUT2D eigenvalue weighted by molar-refractivity contribution is 0.102. The Hall–Kier alpha value is -3.04. The van der Waals surface area contributed by atoms with Gasteiger partial charge in [-0.05, 0) is 73.1 Å². The number of hydrogen-bond donors (Lipinski definition) is 1. The molecule has 2 unspecified atom stereocenters. The Morgan fingerprint density at radius 1 is 1.03 bits per heavy atom. The molecule has 2 heterocycles. The predicted molar refractivity (Wildman–Crippen MR) is 129 cm³/mol. The van der Waals surface area contributed by atoms with E-state index in [1.54, 1.807) is 0 Å². The van der Waals surface area contributed by atoms with Gasteiger partial charge in [0.1, 0.15) is 0 Å². The molecule has 1 aromatic heterocycles. The third kappa shape index (κ3) is 5.37. The highest BCUT2D eigenvalue weighted by Gasteiger charge is 2.31. The average molecular weight is 483 g/mol. The molecule has 1 saturated heterocycles. The second kappa shape index (κ2) is 9.68. The molecule has 0 saturated carbocycles. The molecule has 0 bridgehead atoms. The molecule has 1 N–H and O–H groups in total. The molecular formula is C25H30N4O4S. The summed E-state index contributed by atoms with van der Waals surface area (Å²) >= 11 is 0. The van der Waals surface area contributed by atoms with Crippen molar-refractivity contribution in [2.24, 2.45) is 11.8 Å². The average Bonchev–Trinajstić information content (AvgIpc) is 3.22. The van der Waals surface area contributed by atoms with Crippen LogP contribution in [0.3, 0.4) is 0 Å². The molecule has 0 radical (unpaired) electrons. The molecule has 0 spiro atoms. The fourth-order valence-electron chi connectivity index (χ4n) is 4.36. The molecule has 9 heteroatoms. The van der Waals surface area contributed by atoms with Crippen molar-refractivity contribution in [1.82, 2.24) is 14.5 Å². The monoisotopic (exact) mass is 482 g/mol. The lowest BCUT2D eigenvalue weighted by Crippen LogP contribution is -2.42. The van der Waals surface area contributed by atoms with Crippen molar-refractivity contribution in [2.75, 3.05) is 18.4 Å². The number of aromatic nitrogens is 2. The third-order valence-electron chi connectivity index (χ3n) is 6.20. The summed E-state index contributed by atoms with van der Waals surface area (Å²) in [7, 11) is -3.60.